The Morgan fingerprint density at radius 3 is 2.71 bits per heavy atom. The molecule has 0 unspecified atom stereocenters. The number of aromatic nitrogens is 4. The van der Waals surface area contributed by atoms with E-state index in [9.17, 15) is 14.7 Å². The maximum atomic E-state index is 12.1. The predicted octanol–water partition coefficient (Wildman–Crippen LogP) is 0.242. The topological polar surface area (TPSA) is 121 Å². The SMILES string of the molecule is Cc1cc(C(=O)N[C@@H](Cc2cnc[nH]2)C(=O)O)nc(C)n1. The molecular formula is C13H15N5O3. The number of carboxylic acids is 1. The van der Waals surface area contributed by atoms with Crippen molar-refractivity contribution in [3.8, 4) is 0 Å². The fourth-order valence-corrected chi connectivity index (χ4v) is 1.88. The second kappa shape index (κ2) is 6.12. The third-order valence-corrected chi connectivity index (χ3v) is 2.78. The highest BCUT2D eigenvalue weighted by Gasteiger charge is 2.22. The summed E-state index contributed by atoms with van der Waals surface area (Å²) in [7, 11) is 0. The number of hydrogen-bond donors (Lipinski definition) is 3. The van der Waals surface area contributed by atoms with Gasteiger partial charge in [-0.15, -0.1) is 0 Å². The molecule has 0 fully saturated rings. The fourth-order valence-electron chi connectivity index (χ4n) is 1.88. The molecule has 0 aliphatic carbocycles. The molecule has 2 heterocycles. The minimum atomic E-state index is -1.12. The molecule has 0 radical (unpaired) electrons. The number of imidazole rings is 1. The van der Waals surface area contributed by atoms with Crippen molar-refractivity contribution in [2.45, 2.75) is 26.3 Å². The van der Waals surface area contributed by atoms with Gasteiger partial charge in [-0.3, -0.25) is 4.79 Å². The number of aryl methyl sites for hydroxylation is 2. The highest BCUT2D eigenvalue weighted by Crippen LogP contribution is 2.03. The number of nitrogens with one attached hydrogen (secondary N) is 2. The number of hydrogen-bond acceptors (Lipinski definition) is 5. The Morgan fingerprint density at radius 2 is 2.14 bits per heavy atom. The fraction of sp³-hybridized carbons (Fsp3) is 0.308. The molecule has 0 spiro atoms. The molecule has 0 bridgehead atoms. The summed E-state index contributed by atoms with van der Waals surface area (Å²) < 4.78 is 0. The third kappa shape index (κ3) is 3.85. The van der Waals surface area contributed by atoms with Crippen molar-refractivity contribution in [3.05, 3.63) is 41.5 Å². The lowest BCUT2D eigenvalue weighted by atomic mass is 10.1. The Balaban J connectivity index is 2.12. The first-order chi connectivity index (χ1) is 9.95. The van der Waals surface area contributed by atoms with E-state index >= 15 is 0 Å². The molecule has 2 aromatic heterocycles. The number of aromatic amines is 1. The molecule has 0 aromatic carbocycles. The molecule has 3 N–H and O–H groups in total. The van der Waals surface area contributed by atoms with Crippen LogP contribution in [0.4, 0.5) is 0 Å². The zero-order valence-corrected chi connectivity index (χ0v) is 11.6. The van der Waals surface area contributed by atoms with Crippen molar-refractivity contribution >= 4 is 11.9 Å². The van der Waals surface area contributed by atoms with Gasteiger partial charge in [0.15, 0.2) is 0 Å². The largest absolute Gasteiger partial charge is 0.480 e. The summed E-state index contributed by atoms with van der Waals surface area (Å²) in [6, 6.07) is 0.450. The first kappa shape index (κ1) is 14.6. The van der Waals surface area contributed by atoms with Crippen LogP contribution in [0.2, 0.25) is 0 Å². The van der Waals surface area contributed by atoms with Gasteiger partial charge in [-0.2, -0.15) is 0 Å². The van der Waals surface area contributed by atoms with Gasteiger partial charge in [0.05, 0.1) is 6.33 Å². The molecule has 1 atom stereocenters. The number of nitrogens with zero attached hydrogens (tertiary/aromatic N) is 3. The van der Waals surface area contributed by atoms with E-state index in [1.165, 1.54) is 18.6 Å². The molecule has 2 aromatic rings. The lowest BCUT2D eigenvalue weighted by Crippen LogP contribution is -2.42. The van der Waals surface area contributed by atoms with Crippen molar-refractivity contribution in [2.24, 2.45) is 0 Å². The van der Waals surface area contributed by atoms with E-state index < -0.39 is 17.9 Å². The van der Waals surface area contributed by atoms with Crippen LogP contribution in [0.5, 0.6) is 0 Å². The van der Waals surface area contributed by atoms with Crippen LogP contribution in [0.3, 0.4) is 0 Å². The van der Waals surface area contributed by atoms with Crippen molar-refractivity contribution in [2.75, 3.05) is 0 Å². The summed E-state index contributed by atoms with van der Waals surface area (Å²) in [6.45, 7) is 3.41. The molecule has 8 nitrogen and oxygen atoms in total. The molecule has 2 rings (SSSR count). The lowest BCUT2D eigenvalue weighted by Gasteiger charge is -2.13. The zero-order chi connectivity index (χ0) is 15.4. The van der Waals surface area contributed by atoms with Gasteiger partial charge >= 0.3 is 5.97 Å². The van der Waals surface area contributed by atoms with Crippen LogP contribution in [-0.4, -0.2) is 43.0 Å². The van der Waals surface area contributed by atoms with E-state index in [1.807, 2.05) is 0 Å². The molecule has 0 aliphatic heterocycles. The number of carboxylic acid groups (broad SMARTS) is 1. The average Bonchev–Trinajstić information content (AvgIpc) is 2.89. The van der Waals surface area contributed by atoms with Crippen LogP contribution >= 0.6 is 0 Å². The number of rotatable bonds is 5. The molecule has 8 heteroatoms. The Morgan fingerprint density at radius 1 is 1.38 bits per heavy atom. The quantitative estimate of drug-likeness (QED) is 0.725. The molecule has 0 aliphatic rings. The highest BCUT2D eigenvalue weighted by molar-refractivity contribution is 5.95. The minimum absolute atomic E-state index is 0.115. The van der Waals surface area contributed by atoms with Gasteiger partial charge in [-0.1, -0.05) is 0 Å². The number of H-pyrrole nitrogens is 1. The van der Waals surface area contributed by atoms with Gasteiger partial charge in [-0.05, 0) is 19.9 Å². The van der Waals surface area contributed by atoms with Crippen molar-refractivity contribution in [3.63, 3.8) is 0 Å². The van der Waals surface area contributed by atoms with E-state index in [4.69, 9.17) is 0 Å². The average molecular weight is 289 g/mol. The van der Waals surface area contributed by atoms with Crippen LogP contribution < -0.4 is 5.32 Å². The number of amides is 1. The molecule has 0 saturated carbocycles. The molecule has 110 valence electrons. The zero-order valence-electron chi connectivity index (χ0n) is 11.6. The first-order valence-electron chi connectivity index (χ1n) is 6.29. The summed E-state index contributed by atoms with van der Waals surface area (Å²) in [5.74, 6) is -1.21. The van der Waals surface area contributed by atoms with E-state index in [1.54, 1.807) is 13.8 Å². The highest BCUT2D eigenvalue weighted by atomic mass is 16.4. The van der Waals surface area contributed by atoms with Gasteiger partial charge in [0, 0.05) is 24.0 Å². The summed E-state index contributed by atoms with van der Waals surface area (Å²) in [5.41, 5.74) is 1.42. The number of carbonyl (C=O) groups excluding carboxylic acids is 1. The maximum Gasteiger partial charge on any atom is 0.326 e. The third-order valence-electron chi connectivity index (χ3n) is 2.78. The van der Waals surface area contributed by atoms with Gasteiger partial charge in [0.2, 0.25) is 0 Å². The summed E-state index contributed by atoms with van der Waals surface area (Å²) in [5, 5.41) is 11.6. The maximum absolute atomic E-state index is 12.1. The monoisotopic (exact) mass is 289 g/mol. The Kier molecular flexibility index (Phi) is 4.27. The molecule has 1 amide bonds. The molecule has 21 heavy (non-hydrogen) atoms. The van der Waals surface area contributed by atoms with Crippen LogP contribution in [0, 0.1) is 13.8 Å². The van der Waals surface area contributed by atoms with E-state index in [-0.39, 0.29) is 12.1 Å². The van der Waals surface area contributed by atoms with Gasteiger partial charge in [0.1, 0.15) is 17.6 Å². The Bertz CT molecular complexity index is 634. The minimum Gasteiger partial charge on any atom is -0.480 e. The van der Waals surface area contributed by atoms with E-state index in [2.05, 4.69) is 25.3 Å². The number of carbonyl (C=O) groups is 2. The predicted molar refractivity (Wildman–Crippen MR) is 72.7 cm³/mol. The summed E-state index contributed by atoms with van der Waals surface area (Å²) >= 11 is 0. The Labute approximate surface area is 120 Å². The van der Waals surface area contributed by atoms with Gasteiger partial charge in [0.25, 0.3) is 5.91 Å². The first-order valence-corrected chi connectivity index (χ1v) is 6.29. The standard InChI is InChI=1S/C13H15N5O3/c1-7-3-10(17-8(2)16-7)12(19)18-11(13(20)21)4-9-5-14-6-15-9/h3,5-6,11H,4H2,1-2H3,(H,14,15)(H,18,19)(H,20,21)/t11-/m0/s1. The second-order valence-corrected chi connectivity index (χ2v) is 4.59. The van der Waals surface area contributed by atoms with E-state index in [0.717, 1.165) is 0 Å². The van der Waals surface area contributed by atoms with Crippen LogP contribution in [-0.2, 0) is 11.2 Å². The smallest absolute Gasteiger partial charge is 0.326 e. The normalized spacial score (nSPS) is 11.9. The molecule has 0 saturated heterocycles. The molecular weight excluding hydrogens is 274 g/mol. The second-order valence-electron chi connectivity index (χ2n) is 4.59. The summed E-state index contributed by atoms with van der Waals surface area (Å²) in [6.07, 6.45) is 3.08. The van der Waals surface area contributed by atoms with Gasteiger partial charge < -0.3 is 15.4 Å². The number of aliphatic carboxylic acids is 1. The Hall–Kier alpha value is -2.77. The van der Waals surface area contributed by atoms with E-state index in [0.29, 0.717) is 17.2 Å². The lowest BCUT2D eigenvalue weighted by molar-refractivity contribution is -0.139. The van der Waals surface area contributed by atoms with Crippen molar-refractivity contribution in [1.29, 1.82) is 0 Å². The van der Waals surface area contributed by atoms with Gasteiger partial charge in [-0.25, -0.2) is 19.7 Å². The summed E-state index contributed by atoms with van der Waals surface area (Å²) in [4.78, 5) is 38.0. The van der Waals surface area contributed by atoms with Crippen LogP contribution in [0.25, 0.3) is 0 Å². The van der Waals surface area contributed by atoms with Crippen LogP contribution in [0.1, 0.15) is 27.7 Å². The van der Waals surface area contributed by atoms with Crippen molar-refractivity contribution < 1.29 is 14.7 Å². The van der Waals surface area contributed by atoms with Crippen molar-refractivity contribution in [1.82, 2.24) is 25.3 Å². The van der Waals surface area contributed by atoms with Crippen LogP contribution in [0.15, 0.2) is 18.6 Å².